The van der Waals surface area contributed by atoms with Gasteiger partial charge < -0.3 is 21.3 Å². The molecule has 0 bridgehead atoms. The second-order valence-electron chi connectivity index (χ2n) is 6.44. The third-order valence-electron chi connectivity index (χ3n) is 3.63. The van der Waals surface area contributed by atoms with Crippen LogP contribution in [0.2, 0.25) is 0 Å². The number of nitrogens with two attached hydrogens (primary N) is 2. The SMILES string of the molecule is CN(C)C(=O)C=Cc1ccc(N)cc1.CN(C)C(=O)Cc1ccc(N)cc1. The quantitative estimate of drug-likeness (QED) is 0.639. The Balaban J connectivity index is 0.000000271. The molecule has 0 aromatic heterocycles. The van der Waals surface area contributed by atoms with E-state index in [1.54, 1.807) is 63.4 Å². The molecule has 4 N–H and O–H groups in total. The number of amides is 2. The van der Waals surface area contributed by atoms with Crippen molar-refractivity contribution in [1.29, 1.82) is 0 Å². The van der Waals surface area contributed by atoms with Crippen LogP contribution in [0.25, 0.3) is 6.08 Å². The number of benzene rings is 2. The normalized spacial score (nSPS) is 10.1. The van der Waals surface area contributed by atoms with Gasteiger partial charge in [-0.2, -0.15) is 0 Å². The van der Waals surface area contributed by atoms with Crippen LogP contribution in [0.1, 0.15) is 11.1 Å². The topological polar surface area (TPSA) is 92.7 Å². The first kappa shape index (κ1) is 21.8. The summed E-state index contributed by atoms with van der Waals surface area (Å²) in [4.78, 5) is 25.6. The number of carbonyl (C=O) groups is 2. The Morgan fingerprint density at radius 1 is 0.815 bits per heavy atom. The van der Waals surface area contributed by atoms with Crippen LogP contribution in [0, 0.1) is 0 Å². The fourth-order valence-electron chi connectivity index (χ4n) is 1.89. The molecule has 2 rings (SSSR count). The number of nitrogens with zero attached hydrogens (tertiary/aromatic N) is 2. The molecule has 0 atom stereocenters. The highest BCUT2D eigenvalue weighted by Crippen LogP contribution is 2.07. The summed E-state index contributed by atoms with van der Waals surface area (Å²) >= 11 is 0. The van der Waals surface area contributed by atoms with Crippen molar-refractivity contribution in [3.8, 4) is 0 Å². The standard InChI is InChI=1S/C11H14N2O.C10H14N2O/c1-13(2)11(14)8-5-9-3-6-10(12)7-4-9;1-12(2)10(13)7-8-3-5-9(11)6-4-8/h3-8H,12H2,1-2H3;3-6H,7,11H2,1-2H3. The lowest BCUT2D eigenvalue weighted by Crippen LogP contribution is -2.23. The molecule has 2 aromatic rings. The fraction of sp³-hybridized carbons (Fsp3) is 0.238. The van der Waals surface area contributed by atoms with E-state index >= 15 is 0 Å². The minimum Gasteiger partial charge on any atom is -0.399 e. The summed E-state index contributed by atoms with van der Waals surface area (Å²) in [5.74, 6) is 0.0756. The molecule has 0 spiro atoms. The lowest BCUT2D eigenvalue weighted by Gasteiger charge is -2.09. The van der Waals surface area contributed by atoms with Crippen molar-refractivity contribution in [3.63, 3.8) is 0 Å². The van der Waals surface area contributed by atoms with Crippen LogP contribution in [-0.4, -0.2) is 49.8 Å². The first-order chi connectivity index (χ1) is 12.7. The molecule has 6 nitrogen and oxygen atoms in total. The summed E-state index contributed by atoms with van der Waals surface area (Å²) < 4.78 is 0. The summed E-state index contributed by atoms with van der Waals surface area (Å²) in [5, 5.41) is 0. The lowest BCUT2D eigenvalue weighted by atomic mass is 10.1. The van der Waals surface area contributed by atoms with Crippen molar-refractivity contribution in [3.05, 3.63) is 65.7 Å². The molecule has 0 saturated heterocycles. The summed E-state index contributed by atoms with van der Waals surface area (Å²) in [7, 11) is 6.94. The maximum Gasteiger partial charge on any atom is 0.246 e. The number of hydrogen-bond acceptors (Lipinski definition) is 4. The smallest absolute Gasteiger partial charge is 0.246 e. The highest BCUT2D eigenvalue weighted by molar-refractivity contribution is 5.91. The molecule has 144 valence electrons. The van der Waals surface area contributed by atoms with Gasteiger partial charge in [0.1, 0.15) is 0 Å². The number of anilines is 2. The second-order valence-corrected chi connectivity index (χ2v) is 6.44. The summed E-state index contributed by atoms with van der Waals surface area (Å²) in [5.41, 5.74) is 14.5. The minimum atomic E-state index is -0.0261. The van der Waals surface area contributed by atoms with E-state index in [1.165, 1.54) is 11.0 Å². The Kier molecular flexibility index (Phi) is 8.59. The highest BCUT2D eigenvalue weighted by atomic mass is 16.2. The van der Waals surface area contributed by atoms with Gasteiger partial charge in [-0.25, -0.2) is 0 Å². The van der Waals surface area contributed by atoms with Crippen LogP contribution < -0.4 is 11.5 Å². The highest BCUT2D eigenvalue weighted by Gasteiger charge is 2.04. The Hall–Kier alpha value is -3.28. The van der Waals surface area contributed by atoms with Crippen molar-refractivity contribution in [2.75, 3.05) is 39.7 Å². The number of carbonyl (C=O) groups excluding carboxylic acids is 2. The van der Waals surface area contributed by atoms with Crippen LogP contribution in [0.3, 0.4) is 0 Å². The Morgan fingerprint density at radius 3 is 1.74 bits per heavy atom. The third kappa shape index (κ3) is 8.58. The molecule has 0 radical (unpaired) electrons. The van der Waals surface area contributed by atoms with E-state index in [1.807, 2.05) is 24.3 Å². The molecule has 27 heavy (non-hydrogen) atoms. The van der Waals surface area contributed by atoms with Crippen LogP contribution in [0.4, 0.5) is 11.4 Å². The maximum atomic E-state index is 11.3. The van der Waals surface area contributed by atoms with E-state index in [0.29, 0.717) is 6.42 Å². The van der Waals surface area contributed by atoms with Gasteiger partial charge in [0.25, 0.3) is 0 Å². The first-order valence-corrected chi connectivity index (χ1v) is 8.48. The molecule has 6 heteroatoms. The molecule has 2 amide bonds. The zero-order valence-electron chi connectivity index (χ0n) is 16.3. The van der Waals surface area contributed by atoms with Gasteiger partial charge in [0, 0.05) is 45.6 Å². The van der Waals surface area contributed by atoms with E-state index < -0.39 is 0 Å². The predicted octanol–water partition coefficient (Wildman–Crippen LogP) is 2.27. The van der Waals surface area contributed by atoms with Crippen molar-refractivity contribution < 1.29 is 9.59 Å². The van der Waals surface area contributed by atoms with Gasteiger partial charge in [-0.05, 0) is 41.5 Å². The molecule has 0 heterocycles. The molecule has 0 aliphatic heterocycles. The molecule has 0 aliphatic carbocycles. The van der Waals surface area contributed by atoms with E-state index in [4.69, 9.17) is 11.5 Å². The Morgan fingerprint density at radius 2 is 1.30 bits per heavy atom. The van der Waals surface area contributed by atoms with Crippen LogP contribution in [0.15, 0.2) is 54.6 Å². The number of nitrogen functional groups attached to an aromatic ring is 2. The van der Waals surface area contributed by atoms with Crippen molar-refractivity contribution in [1.82, 2.24) is 9.80 Å². The lowest BCUT2D eigenvalue weighted by molar-refractivity contribution is -0.128. The second kappa shape index (κ2) is 10.7. The average molecular weight is 368 g/mol. The Labute approximate surface area is 161 Å². The molecular weight excluding hydrogens is 340 g/mol. The maximum absolute atomic E-state index is 11.3. The largest absolute Gasteiger partial charge is 0.399 e. The van der Waals surface area contributed by atoms with Crippen LogP contribution in [0.5, 0.6) is 0 Å². The monoisotopic (exact) mass is 368 g/mol. The molecule has 0 aliphatic rings. The number of rotatable bonds is 4. The number of hydrogen-bond donors (Lipinski definition) is 2. The van der Waals surface area contributed by atoms with E-state index in [-0.39, 0.29) is 11.8 Å². The van der Waals surface area contributed by atoms with Crippen LogP contribution in [-0.2, 0) is 16.0 Å². The molecule has 0 unspecified atom stereocenters. The van der Waals surface area contributed by atoms with Gasteiger partial charge in [0.2, 0.25) is 11.8 Å². The number of likely N-dealkylation sites (N-methyl/N-ethyl adjacent to an activating group) is 2. The van der Waals surface area contributed by atoms with Gasteiger partial charge in [-0.15, -0.1) is 0 Å². The van der Waals surface area contributed by atoms with Gasteiger partial charge in [0.05, 0.1) is 6.42 Å². The average Bonchev–Trinajstić information content (AvgIpc) is 2.63. The van der Waals surface area contributed by atoms with E-state index in [9.17, 15) is 9.59 Å². The molecule has 2 aromatic carbocycles. The first-order valence-electron chi connectivity index (χ1n) is 8.48. The summed E-state index contributed by atoms with van der Waals surface area (Å²) in [6, 6.07) is 14.7. The summed E-state index contributed by atoms with van der Waals surface area (Å²) in [6.45, 7) is 0. The van der Waals surface area contributed by atoms with Crippen molar-refractivity contribution in [2.24, 2.45) is 0 Å². The van der Waals surface area contributed by atoms with Gasteiger partial charge in [-0.1, -0.05) is 24.3 Å². The van der Waals surface area contributed by atoms with Gasteiger partial charge in [0.15, 0.2) is 0 Å². The molecule has 0 saturated carbocycles. The Bertz CT molecular complexity index is 764. The zero-order valence-corrected chi connectivity index (χ0v) is 16.3. The van der Waals surface area contributed by atoms with E-state index in [2.05, 4.69) is 0 Å². The van der Waals surface area contributed by atoms with Gasteiger partial charge in [-0.3, -0.25) is 9.59 Å². The zero-order chi connectivity index (χ0) is 20.4. The molecule has 0 fully saturated rings. The molecular formula is C21H28N4O2. The summed E-state index contributed by atoms with van der Waals surface area (Å²) in [6.07, 6.45) is 3.74. The van der Waals surface area contributed by atoms with Crippen molar-refractivity contribution in [2.45, 2.75) is 6.42 Å². The fourth-order valence-corrected chi connectivity index (χ4v) is 1.89. The van der Waals surface area contributed by atoms with Crippen molar-refractivity contribution >= 4 is 29.3 Å². The third-order valence-corrected chi connectivity index (χ3v) is 3.63. The van der Waals surface area contributed by atoms with Gasteiger partial charge >= 0.3 is 0 Å². The predicted molar refractivity (Wildman–Crippen MR) is 112 cm³/mol. The minimum absolute atomic E-state index is 0.0261. The van der Waals surface area contributed by atoms with E-state index in [0.717, 1.165) is 22.5 Å². The van der Waals surface area contributed by atoms with Crippen LogP contribution >= 0.6 is 0 Å².